The van der Waals surface area contributed by atoms with Crippen LogP contribution in [-0.4, -0.2) is 44.4 Å². The molecular formula is C31H37N3O5. The van der Waals surface area contributed by atoms with E-state index in [-0.39, 0.29) is 12.3 Å². The van der Waals surface area contributed by atoms with E-state index in [4.69, 9.17) is 9.26 Å². The molecule has 39 heavy (non-hydrogen) atoms. The van der Waals surface area contributed by atoms with Gasteiger partial charge in [0.1, 0.15) is 5.60 Å². The molecule has 1 amide bonds. The van der Waals surface area contributed by atoms with Crippen molar-refractivity contribution in [3.05, 3.63) is 59.7 Å². The van der Waals surface area contributed by atoms with Crippen molar-refractivity contribution in [1.82, 2.24) is 15.0 Å². The number of ether oxygens (including phenoxy) is 1. The highest BCUT2D eigenvalue weighted by atomic mass is 16.6. The Bertz CT molecular complexity index is 1320. The number of hydrogen-bond acceptors (Lipinski definition) is 6. The van der Waals surface area contributed by atoms with E-state index < -0.39 is 23.2 Å². The van der Waals surface area contributed by atoms with Crippen LogP contribution in [0.15, 0.2) is 53.1 Å². The minimum atomic E-state index is -0.871. The summed E-state index contributed by atoms with van der Waals surface area (Å²) in [5.74, 6) is 0.579. The third-order valence-corrected chi connectivity index (χ3v) is 7.98. The molecule has 1 aromatic heterocycles. The van der Waals surface area contributed by atoms with Crippen LogP contribution in [0.1, 0.15) is 83.3 Å². The Hall–Kier alpha value is -3.68. The molecule has 1 N–H and O–H groups in total. The fraction of sp³-hybridized carbons (Fsp3) is 0.484. The van der Waals surface area contributed by atoms with E-state index in [1.54, 1.807) is 4.90 Å². The second kappa shape index (κ2) is 10.5. The number of rotatable bonds is 6. The third-order valence-electron chi connectivity index (χ3n) is 7.98. The number of aromatic nitrogens is 2. The molecule has 1 aliphatic carbocycles. The minimum absolute atomic E-state index is 0.000241. The van der Waals surface area contributed by atoms with Gasteiger partial charge < -0.3 is 14.4 Å². The van der Waals surface area contributed by atoms with Gasteiger partial charge in [0, 0.05) is 24.1 Å². The molecule has 1 saturated heterocycles. The Morgan fingerprint density at radius 3 is 2.31 bits per heavy atom. The van der Waals surface area contributed by atoms with Crippen LogP contribution in [0.4, 0.5) is 4.79 Å². The summed E-state index contributed by atoms with van der Waals surface area (Å²) in [6, 6.07) is 16.2. The van der Waals surface area contributed by atoms with E-state index in [0.717, 1.165) is 16.7 Å². The average Bonchev–Trinajstić information content (AvgIpc) is 3.64. The lowest BCUT2D eigenvalue weighted by molar-refractivity contribution is -0.138. The summed E-state index contributed by atoms with van der Waals surface area (Å²) in [5.41, 5.74) is 2.60. The first-order valence-electron chi connectivity index (χ1n) is 13.8. The molecule has 0 bridgehead atoms. The van der Waals surface area contributed by atoms with Gasteiger partial charge in [0.05, 0.1) is 5.54 Å². The van der Waals surface area contributed by atoms with Gasteiger partial charge in [-0.1, -0.05) is 54.4 Å². The van der Waals surface area contributed by atoms with E-state index >= 15 is 0 Å². The maximum Gasteiger partial charge on any atom is 0.411 e. The number of carbonyl (C=O) groups is 2. The van der Waals surface area contributed by atoms with E-state index in [9.17, 15) is 14.7 Å². The maximum atomic E-state index is 13.1. The number of benzene rings is 2. The molecule has 1 aliphatic heterocycles. The normalized spacial score (nSPS) is 21.8. The smallest absolute Gasteiger partial charge is 0.411 e. The van der Waals surface area contributed by atoms with Gasteiger partial charge in [-0.3, -0.25) is 9.69 Å². The van der Waals surface area contributed by atoms with Crippen LogP contribution in [0, 0.1) is 5.92 Å². The van der Waals surface area contributed by atoms with Crippen molar-refractivity contribution in [2.75, 3.05) is 6.54 Å². The van der Waals surface area contributed by atoms with Crippen LogP contribution in [0.25, 0.3) is 22.8 Å². The van der Waals surface area contributed by atoms with Crippen molar-refractivity contribution in [2.45, 2.75) is 83.3 Å². The molecule has 0 radical (unpaired) electrons. The molecule has 2 aliphatic rings. The van der Waals surface area contributed by atoms with Gasteiger partial charge in [-0.2, -0.15) is 4.98 Å². The van der Waals surface area contributed by atoms with Gasteiger partial charge in [0.25, 0.3) is 5.89 Å². The SMILES string of the molecule is CC(C)(C)OC(=O)N1CC(CC(=O)O)CC1(C)c1ccc(-c2noc(-c3ccc(C4CCCC4)cc3)n2)cc1. The van der Waals surface area contributed by atoms with E-state index in [2.05, 4.69) is 22.3 Å². The molecule has 1 saturated carbocycles. The summed E-state index contributed by atoms with van der Waals surface area (Å²) in [5, 5.41) is 13.6. The Morgan fingerprint density at radius 2 is 1.69 bits per heavy atom. The summed E-state index contributed by atoms with van der Waals surface area (Å²) < 4.78 is 11.3. The van der Waals surface area contributed by atoms with Crippen molar-refractivity contribution >= 4 is 12.1 Å². The zero-order valence-corrected chi connectivity index (χ0v) is 23.1. The Kier molecular flexibility index (Phi) is 7.23. The summed E-state index contributed by atoms with van der Waals surface area (Å²) in [6.07, 6.45) is 5.22. The lowest BCUT2D eigenvalue weighted by atomic mass is 9.85. The Labute approximate surface area is 229 Å². The van der Waals surface area contributed by atoms with Crippen LogP contribution in [0.5, 0.6) is 0 Å². The number of carboxylic acid groups (broad SMARTS) is 1. The minimum Gasteiger partial charge on any atom is -0.481 e. The quantitative estimate of drug-likeness (QED) is 0.365. The molecule has 2 fully saturated rings. The molecule has 2 atom stereocenters. The summed E-state index contributed by atoms with van der Waals surface area (Å²) in [6.45, 7) is 7.77. The highest BCUT2D eigenvalue weighted by Gasteiger charge is 2.47. The molecule has 8 heteroatoms. The first-order chi connectivity index (χ1) is 18.5. The number of hydrogen-bond donors (Lipinski definition) is 1. The maximum absolute atomic E-state index is 13.1. The zero-order chi connectivity index (χ0) is 27.8. The highest BCUT2D eigenvalue weighted by molar-refractivity contribution is 5.72. The fourth-order valence-electron chi connectivity index (χ4n) is 6.04. The second-order valence-electron chi connectivity index (χ2n) is 12.1. The molecule has 8 nitrogen and oxygen atoms in total. The van der Waals surface area contributed by atoms with Crippen molar-refractivity contribution < 1.29 is 24.0 Å². The molecule has 2 heterocycles. The van der Waals surface area contributed by atoms with Gasteiger partial charge in [0.15, 0.2) is 0 Å². The van der Waals surface area contributed by atoms with Gasteiger partial charge in [0.2, 0.25) is 5.82 Å². The lowest BCUT2D eigenvalue weighted by Crippen LogP contribution is -2.45. The molecule has 206 valence electrons. The van der Waals surface area contributed by atoms with Crippen LogP contribution in [0.2, 0.25) is 0 Å². The predicted octanol–water partition coefficient (Wildman–Crippen LogP) is 7.01. The monoisotopic (exact) mass is 531 g/mol. The lowest BCUT2D eigenvalue weighted by Gasteiger charge is -2.36. The number of nitrogens with zero attached hydrogens (tertiary/aromatic N) is 3. The molecule has 5 rings (SSSR count). The fourth-order valence-corrected chi connectivity index (χ4v) is 6.04. The number of carbonyl (C=O) groups excluding carboxylic acids is 1. The average molecular weight is 532 g/mol. The molecule has 3 aromatic rings. The first kappa shape index (κ1) is 26.9. The van der Waals surface area contributed by atoms with Crippen LogP contribution in [-0.2, 0) is 15.1 Å². The van der Waals surface area contributed by atoms with Crippen LogP contribution >= 0.6 is 0 Å². The number of aliphatic carboxylic acids is 1. The van der Waals surface area contributed by atoms with Gasteiger partial charge >= 0.3 is 12.1 Å². The van der Waals surface area contributed by atoms with E-state index in [0.29, 0.717) is 30.6 Å². The zero-order valence-electron chi connectivity index (χ0n) is 23.1. The summed E-state index contributed by atoms with van der Waals surface area (Å²) >= 11 is 0. The van der Waals surface area contributed by atoms with Crippen LogP contribution in [0.3, 0.4) is 0 Å². The van der Waals surface area contributed by atoms with Crippen molar-refractivity contribution in [3.63, 3.8) is 0 Å². The Morgan fingerprint density at radius 1 is 1.05 bits per heavy atom. The van der Waals surface area contributed by atoms with Crippen molar-refractivity contribution in [3.8, 4) is 22.8 Å². The van der Waals surface area contributed by atoms with Crippen molar-refractivity contribution in [1.29, 1.82) is 0 Å². The number of carboxylic acids is 1. The molecule has 2 unspecified atom stereocenters. The molecular weight excluding hydrogens is 494 g/mol. The van der Waals surface area contributed by atoms with Gasteiger partial charge in [-0.25, -0.2) is 4.79 Å². The van der Waals surface area contributed by atoms with E-state index in [1.165, 1.54) is 31.2 Å². The van der Waals surface area contributed by atoms with Gasteiger partial charge in [-0.15, -0.1) is 0 Å². The number of amides is 1. The predicted molar refractivity (Wildman–Crippen MR) is 147 cm³/mol. The standard InChI is InChI=1S/C31H37N3O5/c1-30(2,3)38-29(37)34-19-20(17-26(35)36)18-31(34,4)25-15-13-23(14-16-25)27-32-28(39-33-27)24-11-9-22(10-12-24)21-7-5-6-8-21/h9-16,20-21H,5-8,17-19H2,1-4H3,(H,35,36). The number of likely N-dealkylation sites (tertiary alicyclic amines) is 1. The van der Waals surface area contributed by atoms with Gasteiger partial charge in [-0.05, 0) is 82.1 Å². The Balaban J connectivity index is 1.35. The molecule has 2 aromatic carbocycles. The molecule has 0 spiro atoms. The first-order valence-corrected chi connectivity index (χ1v) is 13.8. The topological polar surface area (TPSA) is 106 Å². The second-order valence-corrected chi connectivity index (χ2v) is 12.1. The third kappa shape index (κ3) is 5.84. The van der Waals surface area contributed by atoms with E-state index in [1.807, 2.05) is 64.1 Å². The van der Waals surface area contributed by atoms with Crippen LogP contribution < -0.4 is 0 Å². The summed E-state index contributed by atoms with van der Waals surface area (Å²) in [7, 11) is 0. The highest BCUT2D eigenvalue weighted by Crippen LogP contribution is 2.44. The largest absolute Gasteiger partial charge is 0.481 e. The summed E-state index contributed by atoms with van der Waals surface area (Å²) in [4.78, 5) is 30.9. The van der Waals surface area contributed by atoms with Crippen molar-refractivity contribution in [2.24, 2.45) is 5.92 Å².